The molecule has 1 unspecified atom stereocenters. The molecule has 1 aromatic heterocycles. The predicted molar refractivity (Wildman–Crippen MR) is 77.8 cm³/mol. The monoisotopic (exact) mass is 290 g/mol. The highest BCUT2D eigenvalue weighted by molar-refractivity contribution is 5.90. The smallest absolute Gasteiger partial charge is 0.319 e. The van der Waals surface area contributed by atoms with Crippen molar-refractivity contribution in [1.82, 2.24) is 5.32 Å². The number of methoxy groups -OCH3 is 1. The zero-order valence-electron chi connectivity index (χ0n) is 11.7. The van der Waals surface area contributed by atoms with E-state index < -0.39 is 12.1 Å². The van der Waals surface area contributed by atoms with E-state index in [4.69, 9.17) is 9.15 Å². The molecule has 0 aliphatic rings. The number of benzene rings is 1. The highest BCUT2D eigenvalue weighted by Crippen LogP contribution is 2.16. The fraction of sp³-hybridized carbons (Fsp3) is 0.267. The number of nitrogens with one attached hydrogen (secondary N) is 2. The Kier molecular flexibility index (Phi) is 5.36. The molecule has 0 aliphatic carbocycles. The van der Waals surface area contributed by atoms with Crippen LogP contribution >= 0.6 is 0 Å². The number of carbonyl (C=O) groups is 1. The number of aliphatic hydroxyl groups excluding tert-OH is 1. The molecule has 1 heterocycles. The number of anilines is 1. The number of hydrogen-bond acceptors (Lipinski definition) is 4. The summed E-state index contributed by atoms with van der Waals surface area (Å²) in [6.07, 6.45) is 0.597. The van der Waals surface area contributed by atoms with Crippen LogP contribution in [-0.2, 0) is 11.3 Å². The third-order valence-corrected chi connectivity index (χ3v) is 2.89. The standard InChI is InChI=1S/C15H18N2O4/c1-20-10-11-5-2-3-6-12(11)17-15(19)16-9-13(18)14-7-4-8-21-14/h2-8,13,18H,9-10H2,1H3,(H2,16,17,19). The Morgan fingerprint density at radius 1 is 1.33 bits per heavy atom. The maximum Gasteiger partial charge on any atom is 0.319 e. The highest BCUT2D eigenvalue weighted by Gasteiger charge is 2.12. The Hall–Kier alpha value is -2.31. The van der Waals surface area contributed by atoms with E-state index in [-0.39, 0.29) is 6.54 Å². The van der Waals surface area contributed by atoms with E-state index in [1.165, 1.54) is 6.26 Å². The average molecular weight is 290 g/mol. The van der Waals surface area contributed by atoms with Crippen molar-refractivity contribution in [2.24, 2.45) is 0 Å². The number of amides is 2. The summed E-state index contributed by atoms with van der Waals surface area (Å²) in [7, 11) is 1.59. The van der Waals surface area contributed by atoms with E-state index in [0.717, 1.165) is 5.56 Å². The molecule has 21 heavy (non-hydrogen) atoms. The molecule has 0 bridgehead atoms. The summed E-state index contributed by atoms with van der Waals surface area (Å²) in [5.74, 6) is 0.412. The Balaban J connectivity index is 1.87. The van der Waals surface area contributed by atoms with Crippen LogP contribution in [0.3, 0.4) is 0 Å². The summed E-state index contributed by atoms with van der Waals surface area (Å²) in [5, 5.41) is 15.1. The number of urea groups is 1. The number of aliphatic hydroxyl groups is 1. The van der Waals surface area contributed by atoms with Crippen molar-refractivity contribution in [2.45, 2.75) is 12.7 Å². The van der Waals surface area contributed by atoms with Crippen molar-refractivity contribution in [1.29, 1.82) is 0 Å². The molecule has 0 fully saturated rings. The Bertz CT molecular complexity index is 569. The fourth-order valence-corrected chi connectivity index (χ4v) is 1.86. The first-order valence-electron chi connectivity index (χ1n) is 6.54. The zero-order valence-corrected chi connectivity index (χ0v) is 11.7. The quantitative estimate of drug-likeness (QED) is 0.762. The van der Waals surface area contributed by atoms with Gasteiger partial charge in [-0.15, -0.1) is 0 Å². The average Bonchev–Trinajstić information content (AvgIpc) is 3.01. The summed E-state index contributed by atoms with van der Waals surface area (Å²) < 4.78 is 10.1. The molecule has 0 aliphatic heterocycles. The minimum absolute atomic E-state index is 0.0613. The van der Waals surface area contributed by atoms with Gasteiger partial charge in [0.2, 0.25) is 0 Å². The van der Waals surface area contributed by atoms with Gasteiger partial charge in [0.25, 0.3) is 0 Å². The molecule has 112 valence electrons. The number of para-hydroxylation sites is 1. The van der Waals surface area contributed by atoms with Crippen LogP contribution in [0.15, 0.2) is 47.1 Å². The zero-order chi connectivity index (χ0) is 15.1. The SMILES string of the molecule is COCc1ccccc1NC(=O)NCC(O)c1ccco1. The topological polar surface area (TPSA) is 83.7 Å². The minimum atomic E-state index is -0.875. The molecule has 0 saturated carbocycles. The molecule has 3 N–H and O–H groups in total. The van der Waals surface area contributed by atoms with Gasteiger partial charge in [-0.25, -0.2) is 4.79 Å². The van der Waals surface area contributed by atoms with E-state index in [2.05, 4.69) is 10.6 Å². The van der Waals surface area contributed by atoms with Crippen LogP contribution < -0.4 is 10.6 Å². The van der Waals surface area contributed by atoms with E-state index in [0.29, 0.717) is 18.1 Å². The van der Waals surface area contributed by atoms with E-state index in [1.807, 2.05) is 18.2 Å². The van der Waals surface area contributed by atoms with Gasteiger partial charge in [0.05, 0.1) is 19.4 Å². The molecule has 6 nitrogen and oxygen atoms in total. The van der Waals surface area contributed by atoms with Crippen molar-refractivity contribution >= 4 is 11.7 Å². The lowest BCUT2D eigenvalue weighted by atomic mass is 10.2. The van der Waals surface area contributed by atoms with Gasteiger partial charge in [0.15, 0.2) is 0 Å². The van der Waals surface area contributed by atoms with Gasteiger partial charge in [-0.2, -0.15) is 0 Å². The van der Waals surface area contributed by atoms with E-state index in [1.54, 1.807) is 25.3 Å². The molecule has 1 aromatic carbocycles. The third kappa shape index (κ3) is 4.34. The molecule has 2 aromatic rings. The highest BCUT2D eigenvalue weighted by atomic mass is 16.5. The Morgan fingerprint density at radius 2 is 2.14 bits per heavy atom. The first-order valence-corrected chi connectivity index (χ1v) is 6.54. The molecule has 0 spiro atoms. The lowest BCUT2D eigenvalue weighted by Crippen LogP contribution is -2.32. The molecular formula is C15H18N2O4. The summed E-state index contributed by atoms with van der Waals surface area (Å²) in [6.45, 7) is 0.470. The van der Waals surface area contributed by atoms with Gasteiger partial charge in [-0.05, 0) is 18.2 Å². The van der Waals surface area contributed by atoms with Crippen molar-refractivity contribution in [3.8, 4) is 0 Å². The second-order valence-corrected chi connectivity index (χ2v) is 4.46. The molecule has 6 heteroatoms. The van der Waals surface area contributed by atoms with E-state index >= 15 is 0 Å². The van der Waals surface area contributed by atoms with Crippen LogP contribution in [0, 0.1) is 0 Å². The lowest BCUT2D eigenvalue weighted by molar-refractivity contribution is 0.149. The summed E-state index contributed by atoms with van der Waals surface area (Å²) in [4.78, 5) is 11.8. The van der Waals surface area contributed by atoms with Crippen LogP contribution in [0.25, 0.3) is 0 Å². The van der Waals surface area contributed by atoms with Crippen LogP contribution in [-0.4, -0.2) is 24.8 Å². The molecular weight excluding hydrogens is 272 g/mol. The second kappa shape index (κ2) is 7.47. The van der Waals surface area contributed by atoms with Gasteiger partial charge in [-0.1, -0.05) is 18.2 Å². The minimum Gasteiger partial charge on any atom is -0.467 e. The number of carbonyl (C=O) groups excluding carboxylic acids is 1. The first kappa shape index (κ1) is 15.1. The first-order chi connectivity index (χ1) is 10.2. The van der Waals surface area contributed by atoms with Gasteiger partial charge < -0.3 is 24.9 Å². The maximum atomic E-state index is 11.8. The van der Waals surface area contributed by atoms with Crippen molar-refractivity contribution < 1.29 is 19.1 Å². The number of hydrogen-bond donors (Lipinski definition) is 3. The summed E-state index contributed by atoms with van der Waals surface area (Å²) in [6, 6.07) is 10.3. The third-order valence-electron chi connectivity index (χ3n) is 2.89. The lowest BCUT2D eigenvalue weighted by Gasteiger charge is -2.13. The van der Waals surface area contributed by atoms with Crippen LogP contribution in [0.1, 0.15) is 17.4 Å². The largest absolute Gasteiger partial charge is 0.467 e. The van der Waals surface area contributed by atoms with Gasteiger partial charge in [0.1, 0.15) is 11.9 Å². The summed E-state index contributed by atoms with van der Waals surface area (Å²) >= 11 is 0. The second-order valence-electron chi connectivity index (χ2n) is 4.46. The van der Waals surface area contributed by atoms with Gasteiger partial charge >= 0.3 is 6.03 Å². The fourth-order valence-electron chi connectivity index (χ4n) is 1.86. The molecule has 0 saturated heterocycles. The van der Waals surface area contributed by atoms with Crippen molar-refractivity contribution in [2.75, 3.05) is 19.0 Å². The summed E-state index contributed by atoms with van der Waals surface area (Å²) in [5.41, 5.74) is 1.55. The van der Waals surface area contributed by atoms with Crippen molar-refractivity contribution in [3.05, 3.63) is 54.0 Å². The van der Waals surface area contributed by atoms with Gasteiger partial charge in [0, 0.05) is 18.4 Å². The van der Waals surface area contributed by atoms with Crippen LogP contribution in [0.4, 0.5) is 10.5 Å². The van der Waals surface area contributed by atoms with Crippen LogP contribution in [0.5, 0.6) is 0 Å². The molecule has 0 radical (unpaired) electrons. The van der Waals surface area contributed by atoms with E-state index in [9.17, 15) is 9.90 Å². The molecule has 2 rings (SSSR count). The molecule has 2 amide bonds. The Morgan fingerprint density at radius 3 is 2.86 bits per heavy atom. The number of furan rings is 1. The maximum absolute atomic E-state index is 11.8. The van der Waals surface area contributed by atoms with Gasteiger partial charge in [-0.3, -0.25) is 0 Å². The van der Waals surface area contributed by atoms with Crippen LogP contribution in [0.2, 0.25) is 0 Å². The number of ether oxygens (including phenoxy) is 1. The molecule has 1 atom stereocenters. The normalized spacial score (nSPS) is 11.9. The van der Waals surface area contributed by atoms with Crippen molar-refractivity contribution in [3.63, 3.8) is 0 Å². The predicted octanol–water partition coefficient (Wildman–Crippen LogP) is 2.28. The number of rotatable bonds is 6. The Labute approximate surface area is 122 Å².